The minimum atomic E-state index is 0. The van der Waals surface area contributed by atoms with Crippen molar-refractivity contribution in [3.05, 3.63) is 74.5 Å². The number of allylic oxidation sites excluding steroid dienone is 4. The van der Waals surface area contributed by atoms with Gasteiger partial charge < -0.3 is 14.9 Å². The second-order valence-corrected chi connectivity index (χ2v) is 4.50. The molecule has 0 radical (unpaired) electrons. The van der Waals surface area contributed by atoms with Gasteiger partial charge in [-0.1, -0.05) is 68.0 Å². The molecule has 1 heteroatoms. The molecule has 1 aromatic rings. The van der Waals surface area contributed by atoms with Crippen molar-refractivity contribution in [1.82, 2.24) is 0 Å². The van der Waals surface area contributed by atoms with E-state index in [-0.39, 0.29) is 34.3 Å². The predicted molar refractivity (Wildman–Crippen MR) is 85.6 cm³/mol. The topological polar surface area (TPSA) is 0 Å². The van der Waals surface area contributed by atoms with Gasteiger partial charge in [-0.25, -0.2) is 0 Å². The first-order chi connectivity index (χ1) is 7.70. The fourth-order valence-electron chi connectivity index (χ4n) is 1.49. The van der Waals surface area contributed by atoms with Crippen LogP contribution in [0.5, 0.6) is 0 Å². The zero-order valence-corrected chi connectivity index (χ0v) is 14.7. The maximum Gasteiger partial charge on any atom is 2.00 e. The molecule has 0 atom stereocenters. The van der Waals surface area contributed by atoms with E-state index in [0.717, 1.165) is 0 Å². The van der Waals surface area contributed by atoms with Crippen molar-refractivity contribution in [2.75, 3.05) is 0 Å². The third kappa shape index (κ3) is 10.9. The van der Waals surface area contributed by atoms with Crippen molar-refractivity contribution in [3.63, 3.8) is 0 Å². The quantitative estimate of drug-likeness (QED) is 0.438. The van der Waals surface area contributed by atoms with Gasteiger partial charge in [0.05, 0.1) is 0 Å². The fraction of sp³-hybridized carbons (Fsp3) is 0.333. The molecule has 1 aliphatic rings. The molecule has 0 heterocycles. The van der Waals surface area contributed by atoms with E-state index in [1.807, 2.05) is 0 Å². The molecule has 108 valence electrons. The smallest absolute Gasteiger partial charge is 0.358 e. The molecule has 0 saturated carbocycles. The van der Waals surface area contributed by atoms with Crippen LogP contribution in [0.25, 0.3) is 0 Å². The van der Waals surface area contributed by atoms with Gasteiger partial charge in [-0.15, -0.1) is 0 Å². The van der Waals surface area contributed by atoms with Gasteiger partial charge in [-0.05, 0) is 31.2 Å². The molecule has 0 amide bonds. The Morgan fingerprint density at radius 3 is 1.53 bits per heavy atom. The van der Waals surface area contributed by atoms with Crippen LogP contribution >= 0.6 is 0 Å². The largest absolute Gasteiger partial charge is 2.00 e. The van der Waals surface area contributed by atoms with Crippen molar-refractivity contribution < 1.29 is 19.5 Å². The number of benzene rings is 1. The first-order valence-corrected chi connectivity index (χ1v) is 6.08. The summed E-state index contributed by atoms with van der Waals surface area (Å²) < 4.78 is 0. The minimum Gasteiger partial charge on any atom is -0.358 e. The van der Waals surface area contributed by atoms with Crippen LogP contribution in [0.4, 0.5) is 0 Å². The van der Waals surface area contributed by atoms with Crippen molar-refractivity contribution in [3.8, 4) is 0 Å². The number of aryl methyl sites for hydroxylation is 1. The standard InChI is InChI=1S/C10H14.C6H8.2CH3.Ru/c1-8(2)10-6-4-9(3)5-7-10;1-2-4-6-5-3-1;;;/h4-8H,1-3H3;1-4H,5-6H2;2*1H3;/q;;2*-1;+2. The van der Waals surface area contributed by atoms with Crippen LogP contribution in [0.3, 0.4) is 0 Å². The van der Waals surface area contributed by atoms with Crippen LogP contribution < -0.4 is 0 Å². The summed E-state index contributed by atoms with van der Waals surface area (Å²) in [6.07, 6.45) is 11.0. The van der Waals surface area contributed by atoms with Crippen LogP contribution in [-0.2, 0) is 19.5 Å². The molecular weight excluding hydrogens is 317 g/mol. The van der Waals surface area contributed by atoms with E-state index in [0.29, 0.717) is 5.92 Å². The van der Waals surface area contributed by atoms with E-state index < -0.39 is 0 Å². The van der Waals surface area contributed by atoms with Gasteiger partial charge in [0.15, 0.2) is 0 Å². The fourth-order valence-corrected chi connectivity index (χ4v) is 1.49. The monoisotopic (exact) mass is 346 g/mol. The molecule has 1 aliphatic carbocycles. The third-order valence-corrected chi connectivity index (χ3v) is 2.63. The van der Waals surface area contributed by atoms with Gasteiger partial charge in [0.25, 0.3) is 0 Å². The first kappa shape index (κ1) is 23.4. The van der Waals surface area contributed by atoms with Crippen LogP contribution in [0.1, 0.15) is 43.7 Å². The van der Waals surface area contributed by atoms with Crippen LogP contribution in [0, 0.1) is 21.8 Å². The zero-order valence-electron chi connectivity index (χ0n) is 13.0. The average molecular weight is 345 g/mol. The molecule has 1 aromatic carbocycles. The Morgan fingerprint density at radius 2 is 1.26 bits per heavy atom. The predicted octanol–water partition coefficient (Wildman–Crippen LogP) is 5.91. The Hall–Kier alpha value is -0.677. The molecule has 0 fully saturated rings. The van der Waals surface area contributed by atoms with Crippen molar-refractivity contribution >= 4 is 0 Å². The molecule has 0 unspecified atom stereocenters. The molecule has 0 bridgehead atoms. The maximum absolute atomic E-state index is 2.21. The molecule has 0 nitrogen and oxygen atoms in total. The Bertz CT molecular complexity index is 332. The van der Waals surface area contributed by atoms with E-state index in [9.17, 15) is 0 Å². The SMILES string of the molecule is C1=CCCC=C1.Cc1ccc(C(C)C)cc1.[CH3-].[CH3-].[Ru+2]. The summed E-state index contributed by atoms with van der Waals surface area (Å²) >= 11 is 0. The van der Waals surface area contributed by atoms with Crippen LogP contribution in [-0.4, -0.2) is 0 Å². The van der Waals surface area contributed by atoms with Gasteiger partial charge in [0.2, 0.25) is 0 Å². The Morgan fingerprint density at radius 1 is 0.842 bits per heavy atom. The zero-order chi connectivity index (χ0) is 11.8. The molecule has 2 rings (SSSR count). The van der Waals surface area contributed by atoms with Crippen molar-refractivity contribution in [2.24, 2.45) is 0 Å². The van der Waals surface area contributed by atoms with Crippen molar-refractivity contribution in [2.45, 2.75) is 39.5 Å². The second kappa shape index (κ2) is 13.7. The molecular formula is C18H28Ru. The summed E-state index contributed by atoms with van der Waals surface area (Å²) in [6.45, 7) is 6.54. The summed E-state index contributed by atoms with van der Waals surface area (Å²) in [6, 6.07) is 8.71. The summed E-state index contributed by atoms with van der Waals surface area (Å²) in [5.74, 6) is 0.653. The Kier molecular flexibility index (Phi) is 16.9. The third-order valence-electron chi connectivity index (χ3n) is 2.63. The van der Waals surface area contributed by atoms with Gasteiger partial charge in [0, 0.05) is 0 Å². The summed E-state index contributed by atoms with van der Waals surface area (Å²) in [5.41, 5.74) is 2.76. The molecule has 0 N–H and O–H groups in total. The normalized spacial score (nSPS) is 11.4. The van der Waals surface area contributed by atoms with E-state index in [4.69, 9.17) is 0 Å². The Labute approximate surface area is 133 Å². The summed E-state index contributed by atoms with van der Waals surface area (Å²) in [7, 11) is 0. The molecule has 0 aliphatic heterocycles. The number of hydrogen-bond donors (Lipinski definition) is 0. The van der Waals surface area contributed by atoms with Gasteiger partial charge in [-0.2, -0.15) is 0 Å². The van der Waals surface area contributed by atoms with Gasteiger partial charge in [0.1, 0.15) is 0 Å². The van der Waals surface area contributed by atoms with Crippen molar-refractivity contribution in [1.29, 1.82) is 0 Å². The summed E-state index contributed by atoms with van der Waals surface area (Å²) in [4.78, 5) is 0. The van der Waals surface area contributed by atoms with E-state index in [2.05, 4.69) is 69.3 Å². The molecule has 19 heavy (non-hydrogen) atoms. The van der Waals surface area contributed by atoms with E-state index >= 15 is 0 Å². The Balaban J connectivity index is -0.000000252. The summed E-state index contributed by atoms with van der Waals surface area (Å²) in [5, 5.41) is 0. The van der Waals surface area contributed by atoms with E-state index in [1.54, 1.807) is 0 Å². The van der Waals surface area contributed by atoms with Gasteiger partial charge in [-0.3, -0.25) is 0 Å². The first-order valence-electron chi connectivity index (χ1n) is 6.08. The van der Waals surface area contributed by atoms with Crippen LogP contribution in [0.2, 0.25) is 0 Å². The number of hydrogen-bond acceptors (Lipinski definition) is 0. The second-order valence-electron chi connectivity index (χ2n) is 4.50. The van der Waals surface area contributed by atoms with E-state index in [1.165, 1.54) is 24.0 Å². The maximum atomic E-state index is 2.21. The molecule has 0 spiro atoms. The van der Waals surface area contributed by atoms with Crippen LogP contribution in [0.15, 0.2) is 48.6 Å². The molecule has 0 saturated heterocycles. The average Bonchev–Trinajstić information content (AvgIpc) is 2.32. The number of rotatable bonds is 1. The van der Waals surface area contributed by atoms with Gasteiger partial charge >= 0.3 is 19.5 Å². The minimum absolute atomic E-state index is 0. The molecule has 0 aromatic heterocycles.